The van der Waals surface area contributed by atoms with Crippen LogP contribution in [0.1, 0.15) is 23.0 Å². The van der Waals surface area contributed by atoms with Gasteiger partial charge in [-0.3, -0.25) is 4.98 Å². The normalized spacial score (nSPS) is 14.1. The molecule has 6 heteroatoms. The fourth-order valence-electron chi connectivity index (χ4n) is 1.96. The van der Waals surface area contributed by atoms with E-state index in [1.807, 2.05) is 19.0 Å². The van der Waals surface area contributed by atoms with Gasteiger partial charge in [0, 0.05) is 25.8 Å². The zero-order valence-corrected chi connectivity index (χ0v) is 12.5. The van der Waals surface area contributed by atoms with Crippen molar-refractivity contribution in [1.29, 1.82) is 0 Å². The Morgan fingerprint density at radius 2 is 2.20 bits per heavy atom. The van der Waals surface area contributed by atoms with Gasteiger partial charge in [-0.1, -0.05) is 0 Å². The number of likely N-dealkylation sites (N-methyl/N-ethyl adjacent to an activating group) is 1. The number of methoxy groups -OCH3 is 1. The first-order chi connectivity index (χ1) is 9.34. The first-order valence-electron chi connectivity index (χ1n) is 6.45. The van der Waals surface area contributed by atoms with Crippen molar-refractivity contribution in [2.75, 3.05) is 34.3 Å². The Hall–Kier alpha value is -1.50. The lowest BCUT2D eigenvalue weighted by Crippen LogP contribution is -2.45. The van der Waals surface area contributed by atoms with Gasteiger partial charge in [-0.25, -0.2) is 4.79 Å². The van der Waals surface area contributed by atoms with Gasteiger partial charge in [0.05, 0.1) is 24.0 Å². The molecular weight excluding hydrogens is 258 g/mol. The molecule has 0 saturated heterocycles. The molecule has 0 spiro atoms. The maximum Gasteiger partial charge on any atom is 0.339 e. The molecule has 1 unspecified atom stereocenters. The molecular formula is C14H23N3O3. The molecule has 0 amide bonds. The number of aliphatic hydroxyl groups is 1. The summed E-state index contributed by atoms with van der Waals surface area (Å²) in [7, 11) is 5.17. The number of hydrogen-bond acceptors (Lipinski definition) is 6. The third-order valence-electron chi connectivity index (χ3n) is 2.71. The van der Waals surface area contributed by atoms with Gasteiger partial charge >= 0.3 is 5.97 Å². The van der Waals surface area contributed by atoms with Gasteiger partial charge in [0.25, 0.3) is 0 Å². The SMILES string of the molecule is COC(=O)c1ccc(CNCC(C)(O)CN(C)C)nc1. The molecule has 6 nitrogen and oxygen atoms in total. The number of esters is 1. The Morgan fingerprint density at radius 1 is 1.50 bits per heavy atom. The van der Waals surface area contributed by atoms with E-state index < -0.39 is 11.6 Å². The van der Waals surface area contributed by atoms with Crippen LogP contribution in [0, 0.1) is 0 Å². The van der Waals surface area contributed by atoms with Crippen LogP contribution in [0.2, 0.25) is 0 Å². The fraction of sp³-hybridized carbons (Fsp3) is 0.571. The summed E-state index contributed by atoms with van der Waals surface area (Å²) in [4.78, 5) is 17.4. The highest BCUT2D eigenvalue weighted by molar-refractivity contribution is 5.88. The maximum atomic E-state index is 11.3. The minimum absolute atomic E-state index is 0.397. The Morgan fingerprint density at radius 3 is 2.70 bits per heavy atom. The first-order valence-corrected chi connectivity index (χ1v) is 6.45. The molecule has 20 heavy (non-hydrogen) atoms. The van der Waals surface area contributed by atoms with E-state index in [0.717, 1.165) is 5.69 Å². The largest absolute Gasteiger partial charge is 0.465 e. The third kappa shape index (κ3) is 5.64. The Bertz CT molecular complexity index is 430. The van der Waals surface area contributed by atoms with Crippen LogP contribution in [-0.4, -0.2) is 60.9 Å². The van der Waals surface area contributed by atoms with Gasteiger partial charge in [0.2, 0.25) is 0 Å². The summed E-state index contributed by atoms with van der Waals surface area (Å²) in [5.74, 6) is -0.397. The Kier molecular flexibility index (Phi) is 6.06. The number of rotatable bonds is 7. The number of nitrogens with one attached hydrogen (secondary N) is 1. The molecule has 1 aromatic heterocycles. The van der Waals surface area contributed by atoms with Gasteiger partial charge in [-0.2, -0.15) is 0 Å². The standard InChI is InChI=1S/C14H23N3O3/c1-14(19,10-17(2)3)9-15-8-12-6-5-11(7-16-12)13(18)20-4/h5-7,15,19H,8-10H2,1-4H3. The van der Waals surface area contributed by atoms with Crippen molar-refractivity contribution < 1.29 is 14.6 Å². The molecule has 1 heterocycles. The quantitative estimate of drug-likeness (QED) is 0.699. The molecule has 0 saturated carbocycles. The number of nitrogens with zero attached hydrogens (tertiary/aromatic N) is 2. The first kappa shape index (κ1) is 16.6. The fourth-order valence-corrected chi connectivity index (χ4v) is 1.96. The highest BCUT2D eigenvalue weighted by Gasteiger charge is 2.20. The Balaban J connectivity index is 2.44. The second kappa shape index (κ2) is 7.33. The van der Waals surface area contributed by atoms with Crippen LogP contribution >= 0.6 is 0 Å². The van der Waals surface area contributed by atoms with Crippen molar-refractivity contribution in [2.45, 2.75) is 19.1 Å². The number of carbonyl (C=O) groups excluding carboxylic acids is 1. The predicted octanol–water partition coefficient (Wildman–Crippen LogP) is 0.270. The van der Waals surface area contributed by atoms with Crippen molar-refractivity contribution in [3.8, 4) is 0 Å². The second-order valence-corrected chi connectivity index (χ2v) is 5.37. The average Bonchev–Trinajstić information content (AvgIpc) is 2.37. The molecule has 112 valence electrons. The summed E-state index contributed by atoms with van der Waals surface area (Å²) in [6.45, 7) is 3.36. The van der Waals surface area contributed by atoms with E-state index >= 15 is 0 Å². The molecule has 0 aromatic carbocycles. The van der Waals surface area contributed by atoms with Crippen molar-refractivity contribution in [3.05, 3.63) is 29.6 Å². The lowest BCUT2D eigenvalue weighted by Gasteiger charge is -2.27. The van der Waals surface area contributed by atoms with E-state index in [9.17, 15) is 9.90 Å². The molecule has 0 aliphatic heterocycles. The second-order valence-electron chi connectivity index (χ2n) is 5.37. The summed E-state index contributed by atoms with van der Waals surface area (Å²) in [5.41, 5.74) is 0.435. The van der Waals surface area contributed by atoms with Crippen molar-refractivity contribution >= 4 is 5.97 Å². The summed E-state index contributed by atoms with van der Waals surface area (Å²) in [6.07, 6.45) is 1.49. The van der Waals surface area contributed by atoms with Crippen LogP contribution in [0.4, 0.5) is 0 Å². The minimum Gasteiger partial charge on any atom is -0.465 e. The summed E-state index contributed by atoms with van der Waals surface area (Å²) in [5, 5.41) is 13.3. The molecule has 0 aliphatic rings. The van der Waals surface area contributed by atoms with Crippen LogP contribution in [0.5, 0.6) is 0 Å². The molecule has 1 rings (SSSR count). The molecule has 0 radical (unpaired) electrons. The van der Waals surface area contributed by atoms with Crippen LogP contribution in [0.25, 0.3) is 0 Å². The van der Waals surface area contributed by atoms with Crippen molar-refractivity contribution in [1.82, 2.24) is 15.2 Å². The Labute approximate surface area is 119 Å². The zero-order valence-electron chi connectivity index (χ0n) is 12.5. The van der Waals surface area contributed by atoms with E-state index in [1.165, 1.54) is 13.3 Å². The van der Waals surface area contributed by atoms with Gasteiger partial charge in [0.15, 0.2) is 0 Å². The van der Waals surface area contributed by atoms with Gasteiger partial charge < -0.3 is 20.1 Å². The minimum atomic E-state index is -0.796. The van der Waals surface area contributed by atoms with E-state index in [0.29, 0.717) is 25.2 Å². The monoisotopic (exact) mass is 281 g/mol. The third-order valence-corrected chi connectivity index (χ3v) is 2.71. The number of pyridine rings is 1. The van der Waals surface area contributed by atoms with E-state index in [-0.39, 0.29) is 0 Å². The zero-order chi connectivity index (χ0) is 15.2. The molecule has 2 N–H and O–H groups in total. The number of ether oxygens (including phenoxy) is 1. The highest BCUT2D eigenvalue weighted by atomic mass is 16.5. The van der Waals surface area contributed by atoms with E-state index in [1.54, 1.807) is 19.1 Å². The molecule has 0 bridgehead atoms. The highest BCUT2D eigenvalue weighted by Crippen LogP contribution is 2.05. The van der Waals surface area contributed by atoms with Crippen molar-refractivity contribution in [3.63, 3.8) is 0 Å². The van der Waals surface area contributed by atoms with Crippen LogP contribution in [-0.2, 0) is 11.3 Å². The van der Waals surface area contributed by atoms with E-state index in [2.05, 4.69) is 15.0 Å². The van der Waals surface area contributed by atoms with Crippen LogP contribution in [0.3, 0.4) is 0 Å². The summed E-state index contributed by atoms with van der Waals surface area (Å²) in [6, 6.07) is 3.44. The summed E-state index contributed by atoms with van der Waals surface area (Å²) >= 11 is 0. The lowest BCUT2D eigenvalue weighted by atomic mass is 10.1. The van der Waals surface area contributed by atoms with Gasteiger partial charge in [-0.15, -0.1) is 0 Å². The maximum absolute atomic E-state index is 11.3. The van der Waals surface area contributed by atoms with Crippen molar-refractivity contribution in [2.24, 2.45) is 0 Å². The van der Waals surface area contributed by atoms with Gasteiger partial charge in [0.1, 0.15) is 0 Å². The number of hydrogen-bond donors (Lipinski definition) is 2. The number of carbonyl (C=O) groups is 1. The van der Waals surface area contributed by atoms with E-state index in [4.69, 9.17) is 0 Å². The topological polar surface area (TPSA) is 74.7 Å². The smallest absolute Gasteiger partial charge is 0.339 e. The predicted molar refractivity (Wildman–Crippen MR) is 76.5 cm³/mol. The van der Waals surface area contributed by atoms with Crippen LogP contribution in [0.15, 0.2) is 18.3 Å². The number of aromatic nitrogens is 1. The molecule has 0 aliphatic carbocycles. The molecule has 0 fully saturated rings. The van der Waals surface area contributed by atoms with Gasteiger partial charge in [-0.05, 0) is 33.2 Å². The summed E-state index contributed by atoms with van der Waals surface area (Å²) < 4.78 is 4.61. The molecule has 1 atom stereocenters. The average molecular weight is 281 g/mol. The lowest BCUT2D eigenvalue weighted by molar-refractivity contribution is 0.0335. The molecule has 1 aromatic rings. The van der Waals surface area contributed by atoms with Crippen LogP contribution < -0.4 is 5.32 Å².